The van der Waals surface area contributed by atoms with Gasteiger partial charge in [0.1, 0.15) is 0 Å². The average Bonchev–Trinajstić information content (AvgIpc) is 2.39. The molecule has 3 heteroatoms. The van der Waals surface area contributed by atoms with Crippen LogP contribution in [0.4, 0.5) is 0 Å². The van der Waals surface area contributed by atoms with Crippen molar-refractivity contribution in [2.75, 3.05) is 13.7 Å². The molecule has 1 amide bonds. The Hall–Kier alpha value is -1.79. The van der Waals surface area contributed by atoms with Crippen LogP contribution in [-0.4, -0.2) is 35.6 Å². The second-order valence-corrected chi connectivity index (χ2v) is 4.81. The summed E-state index contributed by atoms with van der Waals surface area (Å²) in [6.45, 7) is 5.95. The third-order valence-electron chi connectivity index (χ3n) is 3.03. The van der Waals surface area contributed by atoms with Crippen molar-refractivity contribution in [1.82, 2.24) is 4.90 Å². The minimum Gasteiger partial charge on any atom is -0.395 e. The van der Waals surface area contributed by atoms with Gasteiger partial charge in [-0.05, 0) is 38.5 Å². The van der Waals surface area contributed by atoms with Crippen molar-refractivity contribution < 1.29 is 9.90 Å². The van der Waals surface area contributed by atoms with E-state index >= 15 is 0 Å². The molecule has 0 saturated carbocycles. The molecule has 1 rings (SSSR count). The fourth-order valence-corrected chi connectivity index (χ4v) is 1.58. The highest BCUT2D eigenvalue weighted by molar-refractivity contribution is 5.96. The largest absolute Gasteiger partial charge is 0.395 e. The van der Waals surface area contributed by atoms with Gasteiger partial charge >= 0.3 is 0 Å². The van der Waals surface area contributed by atoms with Crippen LogP contribution in [0.3, 0.4) is 0 Å². The highest BCUT2D eigenvalue weighted by Crippen LogP contribution is 2.14. The van der Waals surface area contributed by atoms with Crippen LogP contribution in [0.5, 0.6) is 0 Å². The Morgan fingerprint density at radius 3 is 2.68 bits per heavy atom. The highest BCUT2D eigenvalue weighted by Gasteiger charge is 2.16. The molecule has 0 unspecified atom stereocenters. The molecule has 0 saturated heterocycles. The number of nitrogens with zero attached hydrogens (tertiary/aromatic N) is 1. The maximum Gasteiger partial charge on any atom is 0.254 e. The number of amides is 1. The van der Waals surface area contributed by atoms with Gasteiger partial charge in [-0.1, -0.05) is 17.9 Å². The third-order valence-corrected chi connectivity index (χ3v) is 3.03. The van der Waals surface area contributed by atoms with Crippen LogP contribution in [0.1, 0.15) is 41.8 Å². The number of hydrogen-bond acceptors (Lipinski definition) is 2. The topological polar surface area (TPSA) is 40.5 Å². The Morgan fingerprint density at radius 1 is 1.42 bits per heavy atom. The number of rotatable bonds is 3. The first-order valence-electron chi connectivity index (χ1n) is 6.45. The third kappa shape index (κ3) is 4.11. The Balaban J connectivity index is 3.05. The van der Waals surface area contributed by atoms with Crippen molar-refractivity contribution in [1.29, 1.82) is 0 Å². The van der Waals surface area contributed by atoms with Gasteiger partial charge < -0.3 is 10.0 Å². The Labute approximate surface area is 115 Å². The molecule has 1 aromatic carbocycles. The van der Waals surface area contributed by atoms with Crippen molar-refractivity contribution >= 4 is 5.91 Å². The van der Waals surface area contributed by atoms with Crippen LogP contribution in [-0.2, 0) is 0 Å². The number of carbonyl (C=O) groups is 1. The zero-order valence-electron chi connectivity index (χ0n) is 12.0. The highest BCUT2D eigenvalue weighted by atomic mass is 16.2. The first kappa shape index (κ1) is 15.3. The van der Waals surface area contributed by atoms with E-state index in [2.05, 4.69) is 11.8 Å². The van der Waals surface area contributed by atoms with Gasteiger partial charge in [0.15, 0.2) is 0 Å². The van der Waals surface area contributed by atoms with E-state index in [1.54, 1.807) is 11.9 Å². The van der Waals surface area contributed by atoms with Gasteiger partial charge in [0, 0.05) is 30.6 Å². The van der Waals surface area contributed by atoms with E-state index < -0.39 is 0 Å². The first-order valence-corrected chi connectivity index (χ1v) is 6.45. The molecule has 0 atom stereocenters. The Kier molecular flexibility index (Phi) is 5.59. The van der Waals surface area contributed by atoms with Gasteiger partial charge in [-0.15, -0.1) is 0 Å². The molecule has 0 fully saturated rings. The Morgan fingerprint density at radius 2 is 2.11 bits per heavy atom. The van der Waals surface area contributed by atoms with Crippen molar-refractivity contribution in [3.8, 4) is 11.8 Å². The fourth-order valence-electron chi connectivity index (χ4n) is 1.58. The smallest absolute Gasteiger partial charge is 0.254 e. The van der Waals surface area contributed by atoms with Gasteiger partial charge in [-0.3, -0.25) is 4.79 Å². The zero-order chi connectivity index (χ0) is 14.4. The molecule has 19 heavy (non-hydrogen) atoms. The minimum absolute atomic E-state index is 0.0123. The SMILES string of the molecule is Cc1ccc(C#CCCO)cc1C(=O)N(C)C(C)C. The lowest BCUT2D eigenvalue weighted by Gasteiger charge is -2.22. The summed E-state index contributed by atoms with van der Waals surface area (Å²) in [4.78, 5) is 14.0. The van der Waals surface area contributed by atoms with Crippen LogP contribution in [0.25, 0.3) is 0 Å². The summed E-state index contributed by atoms with van der Waals surface area (Å²) in [5.41, 5.74) is 2.44. The summed E-state index contributed by atoms with van der Waals surface area (Å²) < 4.78 is 0. The maximum atomic E-state index is 12.3. The summed E-state index contributed by atoms with van der Waals surface area (Å²) in [5, 5.41) is 8.70. The molecular weight excluding hydrogens is 238 g/mol. The maximum absolute atomic E-state index is 12.3. The van der Waals surface area contributed by atoms with E-state index in [4.69, 9.17) is 5.11 Å². The van der Waals surface area contributed by atoms with Crippen LogP contribution < -0.4 is 0 Å². The predicted octanol–water partition coefficient (Wildman–Crippen LogP) is 2.21. The number of aryl methyl sites for hydroxylation is 1. The lowest BCUT2D eigenvalue weighted by molar-refractivity contribution is 0.0754. The molecule has 0 aliphatic heterocycles. The molecule has 0 aromatic heterocycles. The monoisotopic (exact) mass is 259 g/mol. The van der Waals surface area contributed by atoms with Gasteiger partial charge in [-0.2, -0.15) is 0 Å². The molecule has 0 aliphatic carbocycles. The summed E-state index contributed by atoms with van der Waals surface area (Å²) in [6.07, 6.45) is 0.447. The van der Waals surface area contributed by atoms with Crippen LogP contribution in [0.2, 0.25) is 0 Å². The molecule has 0 spiro atoms. The quantitative estimate of drug-likeness (QED) is 0.845. The number of hydrogen-bond donors (Lipinski definition) is 1. The van der Waals surface area contributed by atoms with E-state index in [0.29, 0.717) is 12.0 Å². The molecule has 102 valence electrons. The van der Waals surface area contributed by atoms with Crippen molar-refractivity contribution in [2.24, 2.45) is 0 Å². The van der Waals surface area contributed by atoms with Gasteiger partial charge in [0.2, 0.25) is 0 Å². The van der Waals surface area contributed by atoms with E-state index in [-0.39, 0.29) is 18.6 Å². The number of aliphatic hydroxyl groups is 1. The molecule has 3 nitrogen and oxygen atoms in total. The summed E-state index contributed by atoms with van der Waals surface area (Å²) in [6, 6.07) is 5.79. The molecular formula is C16H21NO2. The van der Waals surface area contributed by atoms with Crippen molar-refractivity contribution in [2.45, 2.75) is 33.2 Å². The lowest BCUT2D eigenvalue weighted by Crippen LogP contribution is -2.33. The van der Waals surface area contributed by atoms with E-state index in [1.165, 1.54) is 0 Å². The van der Waals surface area contributed by atoms with Crippen LogP contribution in [0, 0.1) is 18.8 Å². The van der Waals surface area contributed by atoms with E-state index in [0.717, 1.165) is 11.1 Å². The summed E-state index contributed by atoms with van der Waals surface area (Å²) >= 11 is 0. The molecule has 0 heterocycles. The standard InChI is InChI=1S/C16H21NO2/c1-12(2)17(4)16(19)15-11-14(7-5-6-10-18)9-8-13(15)3/h8-9,11-12,18H,6,10H2,1-4H3. The minimum atomic E-state index is 0.0123. The number of benzene rings is 1. The molecule has 0 bridgehead atoms. The normalized spacial score (nSPS) is 10.0. The van der Waals surface area contributed by atoms with Crippen LogP contribution in [0.15, 0.2) is 18.2 Å². The van der Waals surface area contributed by atoms with E-state index in [9.17, 15) is 4.79 Å². The van der Waals surface area contributed by atoms with E-state index in [1.807, 2.05) is 39.0 Å². The second-order valence-electron chi connectivity index (χ2n) is 4.81. The van der Waals surface area contributed by atoms with Crippen LogP contribution >= 0.6 is 0 Å². The second kappa shape index (κ2) is 6.96. The van der Waals surface area contributed by atoms with Crippen molar-refractivity contribution in [3.63, 3.8) is 0 Å². The Bertz CT molecular complexity index is 509. The first-order chi connectivity index (χ1) is 8.97. The summed E-state index contributed by atoms with van der Waals surface area (Å²) in [7, 11) is 1.80. The molecule has 1 aromatic rings. The average molecular weight is 259 g/mol. The zero-order valence-corrected chi connectivity index (χ0v) is 12.0. The molecule has 0 aliphatic rings. The number of aliphatic hydroxyl groups excluding tert-OH is 1. The van der Waals surface area contributed by atoms with Gasteiger partial charge in [0.25, 0.3) is 5.91 Å². The van der Waals surface area contributed by atoms with Gasteiger partial charge in [-0.25, -0.2) is 0 Å². The fraction of sp³-hybridized carbons (Fsp3) is 0.438. The molecule has 0 radical (unpaired) electrons. The summed E-state index contributed by atoms with van der Waals surface area (Å²) in [5.74, 6) is 5.83. The lowest BCUT2D eigenvalue weighted by atomic mass is 10.0. The molecule has 1 N–H and O–H groups in total. The van der Waals surface area contributed by atoms with Gasteiger partial charge in [0.05, 0.1) is 6.61 Å². The number of carbonyl (C=O) groups excluding carboxylic acids is 1. The van der Waals surface area contributed by atoms with Crippen molar-refractivity contribution in [3.05, 3.63) is 34.9 Å². The predicted molar refractivity (Wildman–Crippen MR) is 77.0 cm³/mol.